The molecule has 0 aliphatic carbocycles. The van der Waals surface area contributed by atoms with Crippen LogP contribution in [0.15, 0.2) is 18.2 Å². The van der Waals surface area contributed by atoms with Crippen molar-refractivity contribution < 1.29 is 14.3 Å². The quantitative estimate of drug-likeness (QED) is 0.781. The van der Waals surface area contributed by atoms with E-state index in [1.165, 1.54) is 12.8 Å². The summed E-state index contributed by atoms with van der Waals surface area (Å²) < 4.78 is 10.7. The van der Waals surface area contributed by atoms with Crippen LogP contribution in [0.2, 0.25) is 0 Å². The van der Waals surface area contributed by atoms with Crippen LogP contribution in [0, 0.1) is 5.92 Å². The maximum absolute atomic E-state index is 12.3. The Labute approximate surface area is 157 Å². The first kappa shape index (κ1) is 20.4. The van der Waals surface area contributed by atoms with E-state index in [1.807, 2.05) is 25.1 Å². The molecule has 0 aromatic heterocycles. The number of hydrogen-bond donors (Lipinski definition) is 2. The largest absolute Gasteiger partial charge is 0.497 e. The van der Waals surface area contributed by atoms with Crippen molar-refractivity contribution in [2.24, 2.45) is 5.92 Å². The second kappa shape index (κ2) is 9.67. The lowest BCUT2D eigenvalue weighted by Crippen LogP contribution is -2.48. The smallest absolute Gasteiger partial charge is 0.315 e. The maximum Gasteiger partial charge on any atom is 0.315 e. The number of likely N-dealkylation sites (tertiary alicyclic amines) is 1. The van der Waals surface area contributed by atoms with Crippen LogP contribution in [0.4, 0.5) is 4.79 Å². The van der Waals surface area contributed by atoms with Crippen molar-refractivity contribution in [3.05, 3.63) is 23.8 Å². The van der Waals surface area contributed by atoms with Gasteiger partial charge in [-0.05, 0) is 57.4 Å². The van der Waals surface area contributed by atoms with Gasteiger partial charge in [-0.25, -0.2) is 4.79 Å². The van der Waals surface area contributed by atoms with Crippen LogP contribution in [0.25, 0.3) is 0 Å². The first-order valence-electron chi connectivity index (χ1n) is 9.45. The summed E-state index contributed by atoms with van der Waals surface area (Å²) in [6, 6.07) is 5.57. The zero-order valence-electron chi connectivity index (χ0n) is 16.7. The van der Waals surface area contributed by atoms with Gasteiger partial charge in [-0.2, -0.15) is 0 Å². The molecular formula is C20H33N3O3. The normalized spacial score (nSPS) is 20.1. The van der Waals surface area contributed by atoms with E-state index < -0.39 is 0 Å². The highest BCUT2D eigenvalue weighted by atomic mass is 16.5. The van der Waals surface area contributed by atoms with E-state index in [0.29, 0.717) is 12.6 Å². The lowest BCUT2D eigenvalue weighted by Gasteiger charge is -2.35. The minimum absolute atomic E-state index is 0.167. The van der Waals surface area contributed by atoms with E-state index in [2.05, 4.69) is 29.4 Å². The number of carbonyl (C=O) groups excluding carboxylic acids is 1. The fourth-order valence-electron chi connectivity index (χ4n) is 3.50. The second-order valence-electron chi connectivity index (χ2n) is 7.28. The van der Waals surface area contributed by atoms with Gasteiger partial charge in [0.1, 0.15) is 11.5 Å². The standard InChI is InChI=1S/C20H33N3O3/c1-14-7-6-10-23(13-14)15(2)12-21-20(24)22-16(3)18-11-17(25-4)8-9-19(18)26-5/h8-9,11,14-16H,6-7,10,12-13H2,1-5H3,(H2,21,22,24). The Morgan fingerprint density at radius 2 is 2.08 bits per heavy atom. The maximum atomic E-state index is 12.3. The minimum Gasteiger partial charge on any atom is -0.497 e. The van der Waals surface area contributed by atoms with Gasteiger partial charge in [0.2, 0.25) is 0 Å². The van der Waals surface area contributed by atoms with Crippen molar-refractivity contribution in [3.8, 4) is 11.5 Å². The summed E-state index contributed by atoms with van der Waals surface area (Å²) in [5, 5.41) is 5.98. The van der Waals surface area contributed by atoms with Crippen LogP contribution in [0.3, 0.4) is 0 Å². The Balaban J connectivity index is 1.87. The van der Waals surface area contributed by atoms with Crippen molar-refractivity contribution in [1.29, 1.82) is 0 Å². The van der Waals surface area contributed by atoms with Crippen molar-refractivity contribution >= 4 is 6.03 Å². The number of hydrogen-bond acceptors (Lipinski definition) is 4. The number of ether oxygens (including phenoxy) is 2. The first-order chi connectivity index (χ1) is 12.4. The van der Waals surface area contributed by atoms with E-state index in [4.69, 9.17) is 9.47 Å². The van der Waals surface area contributed by atoms with Crippen LogP contribution in [-0.2, 0) is 0 Å². The molecule has 1 aliphatic heterocycles. The Morgan fingerprint density at radius 3 is 2.73 bits per heavy atom. The van der Waals surface area contributed by atoms with Crippen molar-refractivity contribution in [1.82, 2.24) is 15.5 Å². The Hall–Kier alpha value is -1.95. The van der Waals surface area contributed by atoms with Gasteiger partial charge in [-0.1, -0.05) is 6.92 Å². The highest BCUT2D eigenvalue weighted by Gasteiger charge is 2.21. The van der Waals surface area contributed by atoms with E-state index in [0.717, 1.165) is 36.1 Å². The summed E-state index contributed by atoms with van der Waals surface area (Å²) in [6.45, 7) is 9.27. The monoisotopic (exact) mass is 363 g/mol. The lowest BCUT2D eigenvalue weighted by molar-refractivity contribution is 0.137. The zero-order chi connectivity index (χ0) is 19.1. The first-order valence-corrected chi connectivity index (χ1v) is 9.45. The minimum atomic E-state index is -0.189. The summed E-state index contributed by atoms with van der Waals surface area (Å²) >= 11 is 0. The fraction of sp³-hybridized carbons (Fsp3) is 0.650. The summed E-state index contributed by atoms with van der Waals surface area (Å²) in [7, 11) is 3.25. The number of amides is 2. The number of nitrogens with one attached hydrogen (secondary N) is 2. The Kier molecular flexibility index (Phi) is 7.57. The summed E-state index contributed by atoms with van der Waals surface area (Å²) in [6.07, 6.45) is 2.54. The number of benzene rings is 1. The summed E-state index contributed by atoms with van der Waals surface area (Å²) in [5.41, 5.74) is 0.889. The third-order valence-corrected chi connectivity index (χ3v) is 5.12. The van der Waals surface area contributed by atoms with E-state index in [1.54, 1.807) is 14.2 Å². The van der Waals surface area contributed by atoms with Gasteiger partial charge in [0.05, 0.1) is 20.3 Å². The molecule has 6 nitrogen and oxygen atoms in total. The molecule has 0 saturated carbocycles. The van der Waals surface area contributed by atoms with Gasteiger partial charge in [-0.15, -0.1) is 0 Å². The van der Waals surface area contributed by atoms with Crippen LogP contribution < -0.4 is 20.1 Å². The molecule has 1 aromatic carbocycles. The fourth-order valence-corrected chi connectivity index (χ4v) is 3.50. The van der Waals surface area contributed by atoms with Crippen LogP contribution in [0.5, 0.6) is 11.5 Å². The molecule has 2 N–H and O–H groups in total. The van der Waals surface area contributed by atoms with Crippen LogP contribution in [-0.4, -0.2) is 50.8 Å². The second-order valence-corrected chi connectivity index (χ2v) is 7.28. The molecule has 3 atom stereocenters. The van der Waals surface area contributed by atoms with E-state index in [9.17, 15) is 4.79 Å². The van der Waals surface area contributed by atoms with Crippen molar-refractivity contribution in [3.63, 3.8) is 0 Å². The van der Waals surface area contributed by atoms with Crippen LogP contribution >= 0.6 is 0 Å². The SMILES string of the molecule is COc1ccc(OC)c(C(C)NC(=O)NCC(C)N2CCCC(C)C2)c1. The molecule has 2 rings (SSSR count). The number of methoxy groups -OCH3 is 2. The molecular weight excluding hydrogens is 330 g/mol. The predicted octanol–water partition coefficient (Wildman–Crippen LogP) is 3.18. The molecule has 2 amide bonds. The third kappa shape index (κ3) is 5.53. The van der Waals surface area contributed by atoms with Gasteiger partial charge in [-0.3, -0.25) is 4.90 Å². The van der Waals surface area contributed by atoms with Gasteiger partial charge in [0, 0.05) is 24.7 Å². The van der Waals surface area contributed by atoms with Crippen molar-refractivity contribution in [2.75, 3.05) is 33.9 Å². The van der Waals surface area contributed by atoms with Gasteiger partial charge in [0.15, 0.2) is 0 Å². The third-order valence-electron chi connectivity index (χ3n) is 5.12. The summed E-state index contributed by atoms with van der Waals surface area (Å²) in [5.74, 6) is 2.21. The molecule has 0 spiro atoms. The van der Waals surface area contributed by atoms with Crippen molar-refractivity contribution in [2.45, 2.75) is 45.7 Å². The molecule has 3 unspecified atom stereocenters. The topological polar surface area (TPSA) is 62.8 Å². The number of carbonyl (C=O) groups is 1. The highest BCUT2D eigenvalue weighted by molar-refractivity contribution is 5.74. The number of piperidine rings is 1. The lowest BCUT2D eigenvalue weighted by atomic mass is 9.99. The molecule has 1 heterocycles. The average molecular weight is 364 g/mol. The average Bonchev–Trinajstić information content (AvgIpc) is 2.65. The van der Waals surface area contributed by atoms with E-state index in [-0.39, 0.29) is 12.1 Å². The Bertz CT molecular complexity index is 594. The number of urea groups is 1. The van der Waals surface area contributed by atoms with Gasteiger partial charge < -0.3 is 20.1 Å². The molecule has 0 bridgehead atoms. The molecule has 1 aromatic rings. The van der Waals surface area contributed by atoms with Gasteiger partial charge in [0.25, 0.3) is 0 Å². The predicted molar refractivity (Wildman–Crippen MR) is 104 cm³/mol. The molecule has 0 radical (unpaired) electrons. The Morgan fingerprint density at radius 1 is 1.31 bits per heavy atom. The molecule has 146 valence electrons. The molecule has 1 aliphatic rings. The molecule has 1 saturated heterocycles. The number of nitrogens with zero attached hydrogens (tertiary/aromatic N) is 1. The van der Waals surface area contributed by atoms with E-state index >= 15 is 0 Å². The highest BCUT2D eigenvalue weighted by Crippen LogP contribution is 2.29. The summed E-state index contributed by atoms with van der Waals surface area (Å²) in [4.78, 5) is 14.8. The molecule has 6 heteroatoms. The zero-order valence-corrected chi connectivity index (χ0v) is 16.7. The number of rotatable bonds is 7. The van der Waals surface area contributed by atoms with Crippen LogP contribution in [0.1, 0.15) is 45.2 Å². The van der Waals surface area contributed by atoms with Gasteiger partial charge >= 0.3 is 6.03 Å². The molecule has 26 heavy (non-hydrogen) atoms. The molecule has 1 fully saturated rings.